The average molecular weight is 835 g/mol. The fourth-order valence-electron chi connectivity index (χ4n) is 6.74. The standard InChI is InChI=1S/C43H70N4O12/c1-5-6-7-8-9-10-11-12-13-14-15-16-17-18-37(54)46-40(29(3)50)43(59)45-34(23-30-19-21-33(51)22-20-30)35(52)25-32(27-48)42(58)47-39(28(2)49)36(53)24-31(26-38(55)56)41(57)44-4/h19-22,28-29,31-32,34,39-40,48-51H,5-18,23-27H2,1-4H3,(H,44,57)(H,45,59)(H,46,54)(H,47,58)(H,55,56)/t28-,29-,31+,32+,34+,39+,40+/m1/s1. The van der Waals surface area contributed by atoms with Crippen LogP contribution in [-0.2, 0) is 40.0 Å². The van der Waals surface area contributed by atoms with E-state index in [9.17, 15) is 59.1 Å². The van der Waals surface area contributed by atoms with E-state index in [1.165, 1.54) is 96.5 Å². The molecule has 7 atom stereocenters. The Morgan fingerprint density at radius 1 is 0.610 bits per heavy atom. The van der Waals surface area contributed by atoms with Gasteiger partial charge >= 0.3 is 5.97 Å². The molecule has 334 valence electrons. The molecule has 0 spiro atoms. The van der Waals surface area contributed by atoms with Gasteiger partial charge in [0.2, 0.25) is 23.6 Å². The van der Waals surface area contributed by atoms with Crippen LogP contribution in [0.2, 0.25) is 0 Å². The summed E-state index contributed by atoms with van der Waals surface area (Å²) in [6.45, 7) is 3.83. The minimum atomic E-state index is -1.62. The summed E-state index contributed by atoms with van der Waals surface area (Å²) in [4.78, 5) is 90.1. The molecule has 16 heteroatoms. The van der Waals surface area contributed by atoms with Gasteiger partial charge in [-0.1, -0.05) is 96.1 Å². The molecule has 0 aliphatic rings. The molecule has 0 saturated carbocycles. The molecule has 0 saturated heterocycles. The Hall–Kier alpha value is -4.41. The van der Waals surface area contributed by atoms with E-state index in [1.807, 2.05) is 0 Å². The number of aliphatic hydroxyl groups excluding tert-OH is 3. The number of Topliss-reactive ketones (excluding diaryl/α,β-unsaturated/α-hetero) is 2. The lowest BCUT2D eigenvalue weighted by molar-refractivity contribution is -0.142. The van der Waals surface area contributed by atoms with E-state index < -0.39 is 109 Å². The predicted octanol–water partition coefficient (Wildman–Crippen LogP) is 3.00. The van der Waals surface area contributed by atoms with Crippen LogP contribution in [0.25, 0.3) is 0 Å². The van der Waals surface area contributed by atoms with E-state index in [2.05, 4.69) is 28.2 Å². The van der Waals surface area contributed by atoms with Gasteiger partial charge in [-0.05, 0) is 44.4 Å². The summed E-state index contributed by atoms with van der Waals surface area (Å²) in [7, 11) is 1.26. The number of hydrogen-bond acceptors (Lipinski definition) is 11. The molecular weight excluding hydrogens is 764 g/mol. The number of carboxylic acid groups (broad SMARTS) is 1. The van der Waals surface area contributed by atoms with Crippen molar-refractivity contribution in [3.05, 3.63) is 29.8 Å². The van der Waals surface area contributed by atoms with Gasteiger partial charge in [-0.25, -0.2) is 0 Å². The number of unbranched alkanes of at least 4 members (excludes halogenated alkanes) is 12. The molecule has 0 aliphatic carbocycles. The van der Waals surface area contributed by atoms with Crippen LogP contribution in [0.4, 0.5) is 0 Å². The van der Waals surface area contributed by atoms with E-state index in [0.29, 0.717) is 12.0 Å². The molecule has 9 N–H and O–H groups in total. The zero-order valence-electron chi connectivity index (χ0n) is 35.4. The fraction of sp³-hybridized carbons (Fsp3) is 0.698. The van der Waals surface area contributed by atoms with Crippen molar-refractivity contribution in [1.82, 2.24) is 21.3 Å². The lowest BCUT2D eigenvalue weighted by Crippen LogP contribution is -2.56. The molecule has 1 rings (SSSR count). The van der Waals surface area contributed by atoms with Gasteiger partial charge in [0.25, 0.3) is 0 Å². The molecule has 0 fully saturated rings. The number of carboxylic acids is 1. The molecule has 59 heavy (non-hydrogen) atoms. The normalized spacial score (nSPS) is 14.8. The van der Waals surface area contributed by atoms with Gasteiger partial charge in [-0.15, -0.1) is 0 Å². The monoisotopic (exact) mass is 834 g/mol. The number of carbonyl (C=O) groups excluding carboxylic acids is 6. The second-order valence-electron chi connectivity index (χ2n) is 15.6. The van der Waals surface area contributed by atoms with Crippen LogP contribution in [0.1, 0.15) is 135 Å². The summed E-state index contributed by atoms with van der Waals surface area (Å²) in [6, 6.07) is 1.39. The van der Waals surface area contributed by atoms with Gasteiger partial charge in [0.15, 0.2) is 11.6 Å². The molecule has 0 aliphatic heterocycles. The molecule has 1 aromatic rings. The van der Waals surface area contributed by atoms with Crippen molar-refractivity contribution in [3.8, 4) is 5.75 Å². The molecular formula is C43H70N4O12. The summed E-state index contributed by atoms with van der Waals surface area (Å²) in [5, 5.41) is 59.6. The number of aliphatic hydroxyl groups is 3. The van der Waals surface area contributed by atoms with Crippen LogP contribution in [0, 0.1) is 11.8 Å². The number of amides is 4. The van der Waals surface area contributed by atoms with Crippen LogP contribution in [0.5, 0.6) is 5.75 Å². The third kappa shape index (κ3) is 22.0. The lowest BCUT2D eigenvalue weighted by Gasteiger charge is -2.26. The van der Waals surface area contributed by atoms with Gasteiger partial charge in [-0.2, -0.15) is 0 Å². The zero-order chi connectivity index (χ0) is 44.3. The maximum Gasteiger partial charge on any atom is 0.304 e. The summed E-state index contributed by atoms with van der Waals surface area (Å²) in [6.07, 6.45) is 10.0. The smallest absolute Gasteiger partial charge is 0.304 e. The van der Waals surface area contributed by atoms with Gasteiger partial charge < -0.3 is 46.8 Å². The minimum Gasteiger partial charge on any atom is -0.508 e. The highest BCUT2D eigenvalue weighted by Gasteiger charge is 2.35. The minimum absolute atomic E-state index is 0.0510. The van der Waals surface area contributed by atoms with E-state index in [4.69, 9.17) is 0 Å². The first-order chi connectivity index (χ1) is 28.0. The van der Waals surface area contributed by atoms with Crippen LogP contribution in [0.15, 0.2) is 24.3 Å². The molecule has 0 radical (unpaired) electrons. The van der Waals surface area contributed by atoms with E-state index in [0.717, 1.165) is 25.7 Å². The number of nitrogens with one attached hydrogen (secondary N) is 4. The van der Waals surface area contributed by atoms with Gasteiger partial charge in [0, 0.05) is 26.3 Å². The first kappa shape index (κ1) is 52.6. The number of phenolic OH excluding ortho intramolecular Hbond substituents is 1. The summed E-state index contributed by atoms with van der Waals surface area (Å²) in [5.41, 5.74) is 0.498. The highest BCUT2D eigenvalue weighted by Crippen LogP contribution is 2.18. The summed E-state index contributed by atoms with van der Waals surface area (Å²) < 4.78 is 0. The third-order valence-corrected chi connectivity index (χ3v) is 10.3. The van der Waals surface area contributed by atoms with E-state index in [-0.39, 0.29) is 18.6 Å². The quantitative estimate of drug-likeness (QED) is 0.0463. The van der Waals surface area contributed by atoms with Crippen molar-refractivity contribution in [2.45, 2.75) is 167 Å². The van der Waals surface area contributed by atoms with Crippen molar-refractivity contribution < 1.29 is 59.1 Å². The topological polar surface area (TPSA) is 269 Å². The molecule has 16 nitrogen and oxygen atoms in total. The van der Waals surface area contributed by atoms with Crippen molar-refractivity contribution >= 4 is 41.2 Å². The third-order valence-electron chi connectivity index (χ3n) is 10.3. The lowest BCUT2D eigenvalue weighted by atomic mass is 9.91. The maximum absolute atomic E-state index is 13.8. The molecule has 4 amide bonds. The first-order valence-corrected chi connectivity index (χ1v) is 21.2. The number of rotatable bonds is 33. The number of ketones is 2. The van der Waals surface area contributed by atoms with E-state index >= 15 is 0 Å². The SMILES string of the molecule is CCCCCCCCCCCCCCCC(=O)N[C@H](C(=O)N[C@@H](Cc1ccc(O)cc1)C(=O)C[C@@H](CO)C(=O)N[C@H](C(=O)C[C@@H](CC(=O)O)C(=O)NC)[C@@H](C)O)[C@@H](C)O. The van der Waals surface area contributed by atoms with Gasteiger partial charge in [0.1, 0.15) is 17.8 Å². The molecule has 1 aromatic carbocycles. The highest BCUT2D eigenvalue weighted by molar-refractivity contribution is 5.97. The number of hydrogen-bond donors (Lipinski definition) is 9. The summed E-state index contributed by atoms with van der Waals surface area (Å²) in [5.74, 6) is -8.81. The Balaban J connectivity index is 2.93. The van der Waals surface area contributed by atoms with Gasteiger partial charge in [-0.3, -0.25) is 33.6 Å². The molecule has 0 unspecified atom stereocenters. The number of aromatic hydroxyl groups is 1. The predicted molar refractivity (Wildman–Crippen MR) is 221 cm³/mol. The van der Waals surface area contributed by atoms with E-state index in [1.54, 1.807) is 0 Å². The van der Waals surface area contributed by atoms with Crippen molar-refractivity contribution in [1.29, 1.82) is 0 Å². The number of aliphatic carboxylic acids is 1. The number of phenols is 1. The Morgan fingerprint density at radius 3 is 1.59 bits per heavy atom. The highest BCUT2D eigenvalue weighted by atomic mass is 16.4. The van der Waals surface area contributed by atoms with Crippen LogP contribution >= 0.6 is 0 Å². The molecule has 0 aromatic heterocycles. The Bertz CT molecular complexity index is 1450. The second kappa shape index (κ2) is 29.7. The average Bonchev–Trinajstić information content (AvgIpc) is 3.18. The van der Waals surface area contributed by atoms with Crippen LogP contribution < -0.4 is 21.3 Å². The van der Waals surface area contributed by atoms with Gasteiger partial charge in [0.05, 0.1) is 43.1 Å². The molecule has 0 bridgehead atoms. The maximum atomic E-state index is 13.8. The number of benzene rings is 1. The second-order valence-corrected chi connectivity index (χ2v) is 15.6. The van der Waals surface area contributed by atoms with Crippen molar-refractivity contribution in [2.75, 3.05) is 13.7 Å². The largest absolute Gasteiger partial charge is 0.508 e. The molecule has 0 heterocycles. The van der Waals surface area contributed by atoms with Crippen LogP contribution in [-0.4, -0.2) is 111 Å². The Kier molecular flexibility index (Phi) is 26.5. The van der Waals surface area contributed by atoms with Crippen molar-refractivity contribution in [3.63, 3.8) is 0 Å². The van der Waals surface area contributed by atoms with Crippen molar-refractivity contribution in [2.24, 2.45) is 11.8 Å². The Labute approximate surface area is 348 Å². The Morgan fingerprint density at radius 2 is 1.12 bits per heavy atom. The zero-order valence-corrected chi connectivity index (χ0v) is 35.4. The first-order valence-electron chi connectivity index (χ1n) is 21.2. The van der Waals surface area contributed by atoms with Crippen LogP contribution in [0.3, 0.4) is 0 Å². The fourth-order valence-corrected chi connectivity index (χ4v) is 6.74. The number of carbonyl (C=O) groups is 7. The summed E-state index contributed by atoms with van der Waals surface area (Å²) >= 11 is 0.